The fourth-order valence-corrected chi connectivity index (χ4v) is 5.83. The van der Waals surface area contributed by atoms with Crippen molar-refractivity contribution >= 4 is 22.8 Å². The first-order valence-electron chi connectivity index (χ1n) is 15.5. The smallest absolute Gasteiger partial charge is 0.328 e. The molecule has 0 bridgehead atoms. The number of Topliss-reactive ketones (excluding diaryl/α,β-unsaturated/α-hetero) is 1. The van der Waals surface area contributed by atoms with Gasteiger partial charge in [-0.25, -0.2) is 9.48 Å². The number of carbonyl (C=O) groups is 1. The Kier molecular flexibility index (Phi) is 9.65. The van der Waals surface area contributed by atoms with Gasteiger partial charge in [-0.1, -0.05) is 29.5 Å². The number of rotatable bonds is 15. The Balaban J connectivity index is 0.980. The number of ether oxygens (including phenoxy) is 6. The number of nitrogen functional groups attached to an aromatic ring is 1. The summed E-state index contributed by atoms with van der Waals surface area (Å²) in [4.78, 5) is 36.6. The van der Waals surface area contributed by atoms with Crippen LogP contribution in [0.15, 0.2) is 35.3 Å². The van der Waals surface area contributed by atoms with Crippen LogP contribution < -0.4 is 16.2 Å². The lowest BCUT2D eigenvalue weighted by Crippen LogP contribution is -2.33. The maximum atomic E-state index is 12.7. The van der Waals surface area contributed by atoms with Crippen LogP contribution in [0.3, 0.4) is 0 Å². The molecule has 0 saturated carbocycles. The largest absolute Gasteiger partial charge is 0.461 e. The standard InChI is InChI=1S/C31H40N8O8/c1-31(2)46-24-22(45-28(43-4)25(24)47-31)17-38-16-20(36-37-38)10-12-21(40)11-9-18-5-7-19(8-6-18)15-39-27-23(33-30(39)41)26(32)34-29(35-27)44-14-13-42-3/h5-8,16,22,24-25,28H,9-15,17H2,1-4H3,(H,33,41)(H2,32,34,35). The number of carbonyl (C=O) groups excluding carboxylic acids is 1. The fraction of sp³-hybridized carbons (Fsp3) is 0.548. The Morgan fingerprint density at radius 3 is 2.55 bits per heavy atom. The lowest BCUT2D eigenvalue weighted by molar-refractivity contribution is -0.228. The van der Waals surface area contributed by atoms with E-state index in [9.17, 15) is 9.59 Å². The zero-order valence-electron chi connectivity index (χ0n) is 26.9. The summed E-state index contributed by atoms with van der Waals surface area (Å²) in [5.74, 6) is -0.448. The molecule has 2 fully saturated rings. The summed E-state index contributed by atoms with van der Waals surface area (Å²) in [6.07, 6.45) is 2.30. The molecule has 0 amide bonds. The molecule has 16 nitrogen and oxygen atoms in total. The summed E-state index contributed by atoms with van der Waals surface area (Å²) < 4.78 is 37.1. The zero-order valence-corrected chi connectivity index (χ0v) is 26.9. The molecule has 6 rings (SSSR count). The number of imidazole rings is 1. The number of aromatic amines is 1. The Morgan fingerprint density at radius 2 is 1.79 bits per heavy atom. The minimum Gasteiger partial charge on any atom is -0.461 e. The summed E-state index contributed by atoms with van der Waals surface area (Å²) in [7, 11) is 3.15. The Bertz CT molecular complexity index is 1750. The van der Waals surface area contributed by atoms with E-state index >= 15 is 0 Å². The number of ketones is 1. The highest BCUT2D eigenvalue weighted by molar-refractivity contribution is 5.82. The molecule has 47 heavy (non-hydrogen) atoms. The van der Waals surface area contributed by atoms with E-state index in [1.807, 2.05) is 44.3 Å². The van der Waals surface area contributed by atoms with Crippen LogP contribution in [0.5, 0.6) is 6.01 Å². The van der Waals surface area contributed by atoms with Crippen LogP contribution in [0.4, 0.5) is 5.82 Å². The van der Waals surface area contributed by atoms with Crippen molar-refractivity contribution in [1.29, 1.82) is 0 Å². The van der Waals surface area contributed by atoms with E-state index in [1.165, 1.54) is 4.57 Å². The van der Waals surface area contributed by atoms with E-state index in [-0.39, 0.29) is 54.8 Å². The number of fused-ring (bicyclic) bond motifs is 2. The number of anilines is 1. The first kappa shape index (κ1) is 32.7. The van der Waals surface area contributed by atoms with Gasteiger partial charge in [0.1, 0.15) is 36.2 Å². The number of nitrogens with zero attached hydrogens (tertiary/aromatic N) is 6. The van der Waals surface area contributed by atoms with Gasteiger partial charge in [-0.2, -0.15) is 9.97 Å². The van der Waals surface area contributed by atoms with E-state index in [1.54, 1.807) is 18.9 Å². The second-order valence-corrected chi connectivity index (χ2v) is 12.1. The summed E-state index contributed by atoms with van der Waals surface area (Å²) in [5.41, 5.74) is 9.02. The van der Waals surface area contributed by atoms with Crippen LogP contribution in [0.2, 0.25) is 0 Å². The van der Waals surface area contributed by atoms with Gasteiger partial charge < -0.3 is 39.1 Å². The maximum absolute atomic E-state index is 12.7. The van der Waals surface area contributed by atoms with E-state index < -0.39 is 12.1 Å². The molecule has 16 heteroatoms. The van der Waals surface area contributed by atoms with Crippen molar-refractivity contribution in [1.82, 2.24) is 34.5 Å². The summed E-state index contributed by atoms with van der Waals surface area (Å²) in [5, 5.41) is 8.47. The van der Waals surface area contributed by atoms with E-state index in [0.29, 0.717) is 50.0 Å². The number of nitrogens with two attached hydrogens (primary N) is 1. The normalized spacial score (nSPS) is 21.8. The fourth-order valence-electron chi connectivity index (χ4n) is 5.83. The maximum Gasteiger partial charge on any atom is 0.328 e. The number of H-pyrrole nitrogens is 1. The molecular weight excluding hydrogens is 612 g/mol. The molecule has 252 valence electrons. The van der Waals surface area contributed by atoms with Crippen molar-refractivity contribution in [3.8, 4) is 6.01 Å². The lowest BCUT2D eigenvalue weighted by Gasteiger charge is -2.23. The van der Waals surface area contributed by atoms with E-state index in [0.717, 1.165) is 16.8 Å². The quantitative estimate of drug-likeness (QED) is 0.175. The highest BCUT2D eigenvalue weighted by Gasteiger charge is 2.55. The van der Waals surface area contributed by atoms with Gasteiger partial charge in [0, 0.05) is 33.3 Å². The first-order valence-corrected chi connectivity index (χ1v) is 15.5. The molecule has 4 aromatic rings. The van der Waals surface area contributed by atoms with Gasteiger partial charge in [0.25, 0.3) is 0 Å². The zero-order chi connectivity index (χ0) is 33.1. The van der Waals surface area contributed by atoms with Crippen LogP contribution in [0.1, 0.15) is 43.5 Å². The molecule has 1 aromatic carbocycles. The monoisotopic (exact) mass is 652 g/mol. The van der Waals surface area contributed by atoms with Gasteiger partial charge >= 0.3 is 11.7 Å². The highest BCUT2D eigenvalue weighted by atomic mass is 16.8. The van der Waals surface area contributed by atoms with Gasteiger partial charge in [-0.15, -0.1) is 5.10 Å². The highest BCUT2D eigenvalue weighted by Crippen LogP contribution is 2.39. The molecule has 0 aliphatic carbocycles. The molecule has 4 unspecified atom stereocenters. The third kappa shape index (κ3) is 7.52. The van der Waals surface area contributed by atoms with Crippen molar-refractivity contribution in [2.24, 2.45) is 0 Å². The Labute approximate surface area is 270 Å². The van der Waals surface area contributed by atoms with Crippen LogP contribution in [0.25, 0.3) is 11.2 Å². The van der Waals surface area contributed by atoms with Crippen molar-refractivity contribution < 1.29 is 33.2 Å². The van der Waals surface area contributed by atoms with Crippen molar-refractivity contribution in [3.05, 3.63) is 57.8 Å². The Hall–Kier alpha value is -4.22. The van der Waals surface area contributed by atoms with Gasteiger partial charge in [0.05, 0.1) is 25.4 Å². The molecule has 3 N–H and O–H groups in total. The van der Waals surface area contributed by atoms with E-state index in [4.69, 9.17) is 34.2 Å². The number of aromatic nitrogens is 7. The van der Waals surface area contributed by atoms with Crippen molar-refractivity contribution in [3.63, 3.8) is 0 Å². The Morgan fingerprint density at radius 1 is 1.04 bits per heavy atom. The third-order valence-corrected chi connectivity index (χ3v) is 8.16. The molecule has 3 aromatic heterocycles. The van der Waals surface area contributed by atoms with Crippen LogP contribution in [-0.4, -0.2) is 98.1 Å². The molecule has 0 radical (unpaired) electrons. The minimum absolute atomic E-state index is 0.0700. The predicted octanol–water partition coefficient (Wildman–Crippen LogP) is 1.39. The number of nitrogens with one attached hydrogen (secondary N) is 1. The van der Waals surface area contributed by atoms with Gasteiger partial charge in [-0.3, -0.25) is 9.36 Å². The van der Waals surface area contributed by atoms with Gasteiger partial charge in [0.2, 0.25) is 0 Å². The average molecular weight is 653 g/mol. The average Bonchev–Trinajstić information content (AvgIpc) is 3.79. The minimum atomic E-state index is -0.709. The molecule has 2 aliphatic heterocycles. The van der Waals surface area contributed by atoms with Crippen molar-refractivity contribution in [2.75, 3.05) is 33.2 Å². The number of hydrogen-bond donors (Lipinski definition) is 2. The van der Waals surface area contributed by atoms with Crippen LogP contribution >= 0.6 is 0 Å². The second kappa shape index (κ2) is 13.9. The molecule has 2 aliphatic rings. The number of methoxy groups -OCH3 is 2. The third-order valence-electron chi connectivity index (χ3n) is 8.16. The summed E-state index contributed by atoms with van der Waals surface area (Å²) in [6.45, 7) is 5.05. The number of hydrogen-bond acceptors (Lipinski definition) is 13. The van der Waals surface area contributed by atoms with Crippen LogP contribution in [-0.2, 0) is 54.4 Å². The summed E-state index contributed by atoms with van der Waals surface area (Å²) >= 11 is 0. The number of benzene rings is 1. The van der Waals surface area contributed by atoms with Gasteiger partial charge in [0.15, 0.2) is 23.5 Å². The lowest BCUT2D eigenvalue weighted by atomic mass is 10.0. The molecule has 4 atom stereocenters. The SMILES string of the molecule is COCCOc1nc(N)c2[nH]c(=O)n(Cc3ccc(CCC(=O)CCc4cn(CC5OC(OC)C6OC(C)(C)OC56)nn4)cc3)c2n1. The first-order chi connectivity index (χ1) is 22.6. The molecule has 2 saturated heterocycles. The van der Waals surface area contributed by atoms with Crippen molar-refractivity contribution in [2.45, 2.75) is 83.0 Å². The molecular formula is C31H40N8O8. The summed E-state index contributed by atoms with van der Waals surface area (Å²) in [6, 6.07) is 7.85. The number of aryl methyl sites for hydroxylation is 2. The topological polar surface area (TPSA) is 193 Å². The van der Waals surface area contributed by atoms with Crippen LogP contribution in [0, 0.1) is 0 Å². The van der Waals surface area contributed by atoms with Gasteiger partial charge in [-0.05, 0) is 37.8 Å². The predicted molar refractivity (Wildman–Crippen MR) is 167 cm³/mol. The second-order valence-electron chi connectivity index (χ2n) is 12.1. The molecule has 5 heterocycles. The van der Waals surface area contributed by atoms with E-state index in [2.05, 4.69) is 25.3 Å². The molecule has 0 spiro atoms.